The Bertz CT molecular complexity index is 276. The summed E-state index contributed by atoms with van der Waals surface area (Å²) in [6, 6.07) is 0. The molecule has 1 amide bonds. The molecule has 0 spiro atoms. The lowest BCUT2D eigenvalue weighted by molar-refractivity contribution is -0.126. The molecular weight excluding hydrogens is 236 g/mol. The van der Waals surface area contributed by atoms with E-state index in [9.17, 15) is 4.79 Å². The van der Waals surface area contributed by atoms with Crippen molar-refractivity contribution in [3.8, 4) is 0 Å². The number of hydrogen-bond acceptors (Lipinski definition) is 2. The molecule has 0 saturated carbocycles. The molecule has 3 nitrogen and oxygen atoms in total. The van der Waals surface area contributed by atoms with Crippen molar-refractivity contribution in [3.05, 3.63) is 0 Å². The quantitative estimate of drug-likeness (QED) is 0.697. The van der Waals surface area contributed by atoms with Crippen LogP contribution in [0.5, 0.6) is 0 Å². The second-order valence-corrected chi connectivity index (χ2v) is 7.04. The first-order valence-electron chi connectivity index (χ1n) is 7.93. The Hall–Kier alpha value is -0.570. The van der Waals surface area contributed by atoms with E-state index in [1.54, 1.807) is 0 Å². The Morgan fingerprint density at radius 1 is 1.32 bits per heavy atom. The van der Waals surface area contributed by atoms with Crippen LogP contribution in [0, 0.1) is 17.3 Å². The van der Waals surface area contributed by atoms with Gasteiger partial charge in [0.25, 0.3) is 0 Å². The van der Waals surface area contributed by atoms with Crippen molar-refractivity contribution >= 4 is 5.91 Å². The highest BCUT2D eigenvalue weighted by atomic mass is 16.1. The van der Waals surface area contributed by atoms with Gasteiger partial charge in [-0.15, -0.1) is 0 Å². The van der Waals surface area contributed by atoms with Gasteiger partial charge in [0, 0.05) is 13.1 Å². The van der Waals surface area contributed by atoms with E-state index in [1.807, 2.05) is 0 Å². The molecule has 0 aromatic heterocycles. The van der Waals surface area contributed by atoms with Gasteiger partial charge in [-0.2, -0.15) is 0 Å². The van der Waals surface area contributed by atoms with Crippen molar-refractivity contribution in [2.75, 3.05) is 19.6 Å². The van der Waals surface area contributed by atoms with Gasteiger partial charge in [0.05, 0.1) is 5.92 Å². The molecule has 0 bridgehead atoms. The molecular formula is C16H32N2O. The zero-order chi connectivity index (χ0) is 14.3. The summed E-state index contributed by atoms with van der Waals surface area (Å²) in [5.41, 5.74) is 0.221. The van der Waals surface area contributed by atoms with Crippen LogP contribution < -0.4 is 10.6 Å². The molecule has 2 N–H and O–H groups in total. The van der Waals surface area contributed by atoms with Crippen LogP contribution in [0.2, 0.25) is 0 Å². The summed E-state index contributed by atoms with van der Waals surface area (Å²) >= 11 is 0. The van der Waals surface area contributed by atoms with E-state index < -0.39 is 0 Å². The molecule has 1 fully saturated rings. The van der Waals surface area contributed by atoms with E-state index in [2.05, 4.69) is 38.3 Å². The monoisotopic (exact) mass is 268 g/mol. The minimum atomic E-state index is 0.162. The number of carbonyl (C=O) groups is 1. The second kappa shape index (κ2) is 7.88. The molecule has 0 aliphatic carbocycles. The highest BCUT2D eigenvalue weighted by molar-refractivity contribution is 5.79. The molecule has 1 aliphatic heterocycles. The first kappa shape index (κ1) is 16.5. The zero-order valence-corrected chi connectivity index (χ0v) is 13.2. The van der Waals surface area contributed by atoms with Crippen LogP contribution in [0.25, 0.3) is 0 Å². The summed E-state index contributed by atoms with van der Waals surface area (Å²) < 4.78 is 0. The molecule has 0 radical (unpaired) electrons. The van der Waals surface area contributed by atoms with Crippen LogP contribution in [0.4, 0.5) is 0 Å². The lowest BCUT2D eigenvalue weighted by Crippen LogP contribution is -2.45. The van der Waals surface area contributed by atoms with Gasteiger partial charge in [-0.3, -0.25) is 4.79 Å². The maximum absolute atomic E-state index is 12.2. The van der Waals surface area contributed by atoms with Crippen LogP contribution in [0.1, 0.15) is 59.8 Å². The average molecular weight is 268 g/mol. The molecule has 0 aromatic carbocycles. The average Bonchev–Trinajstić information content (AvgIpc) is 2.36. The molecule has 1 heterocycles. The van der Waals surface area contributed by atoms with E-state index in [4.69, 9.17) is 0 Å². The molecule has 1 saturated heterocycles. The lowest BCUT2D eigenvalue weighted by Gasteiger charge is -2.29. The molecule has 1 aliphatic rings. The summed E-state index contributed by atoms with van der Waals surface area (Å²) in [6.45, 7) is 11.6. The summed E-state index contributed by atoms with van der Waals surface area (Å²) in [6.07, 6.45) is 6.03. The van der Waals surface area contributed by atoms with Gasteiger partial charge in [0.1, 0.15) is 0 Å². The fourth-order valence-electron chi connectivity index (χ4n) is 2.77. The van der Waals surface area contributed by atoms with Crippen molar-refractivity contribution in [3.63, 3.8) is 0 Å². The smallest absolute Gasteiger partial charge is 0.224 e. The highest BCUT2D eigenvalue weighted by Crippen LogP contribution is 2.23. The van der Waals surface area contributed by atoms with Gasteiger partial charge in [-0.25, -0.2) is 0 Å². The lowest BCUT2D eigenvalue weighted by atomic mass is 9.86. The molecule has 112 valence electrons. The largest absolute Gasteiger partial charge is 0.355 e. The second-order valence-electron chi connectivity index (χ2n) is 7.04. The standard InChI is InChI=1S/C16H32N2O/c1-5-6-7-8-16(3,4)12-18-15(19)14-9-13(2)10-17-11-14/h13-14,17H,5-12H2,1-4H3,(H,18,19). The Balaban J connectivity index is 2.28. The minimum absolute atomic E-state index is 0.162. The SMILES string of the molecule is CCCCCC(C)(C)CNC(=O)C1CNCC(C)C1. The summed E-state index contributed by atoms with van der Waals surface area (Å²) in [4.78, 5) is 12.2. The Morgan fingerprint density at radius 2 is 2.05 bits per heavy atom. The maximum atomic E-state index is 12.2. The Labute approximate surface area is 118 Å². The first-order valence-corrected chi connectivity index (χ1v) is 7.93. The van der Waals surface area contributed by atoms with Gasteiger partial charge >= 0.3 is 0 Å². The third-order valence-corrected chi connectivity index (χ3v) is 4.14. The number of carbonyl (C=O) groups excluding carboxylic acids is 1. The van der Waals surface area contributed by atoms with E-state index in [-0.39, 0.29) is 17.2 Å². The fourth-order valence-corrected chi connectivity index (χ4v) is 2.77. The molecule has 1 rings (SSSR count). The number of unbranched alkanes of at least 4 members (excludes halogenated alkanes) is 2. The van der Waals surface area contributed by atoms with E-state index in [0.29, 0.717) is 5.92 Å². The summed E-state index contributed by atoms with van der Waals surface area (Å²) in [7, 11) is 0. The van der Waals surface area contributed by atoms with Gasteiger partial charge < -0.3 is 10.6 Å². The zero-order valence-electron chi connectivity index (χ0n) is 13.2. The van der Waals surface area contributed by atoms with Crippen LogP contribution in [-0.2, 0) is 4.79 Å². The topological polar surface area (TPSA) is 41.1 Å². The molecule has 2 atom stereocenters. The maximum Gasteiger partial charge on any atom is 0.224 e. The molecule has 2 unspecified atom stereocenters. The number of nitrogens with one attached hydrogen (secondary N) is 2. The van der Waals surface area contributed by atoms with Gasteiger partial charge in [-0.1, -0.05) is 47.0 Å². The highest BCUT2D eigenvalue weighted by Gasteiger charge is 2.26. The van der Waals surface area contributed by atoms with Crippen LogP contribution in [0.3, 0.4) is 0 Å². The van der Waals surface area contributed by atoms with Crippen LogP contribution >= 0.6 is 0 Å². The Morgan fingerprint density at radius 3 is 2.68 bits per heavy atom. The fraction of sp³-hybridized carbons (Fsp3) is 0.938. The number of rotatable bonds is 7. The summed E-state index contributed by atoms with van der Waals surface area (Å²) in [5, 5.41) is 6.50. The molecule has 19 heavy (non-hydrogen) atoms. The third-order valence-electron chi connectivity index (χ3n) is 4.14. The Kier molecular flexibility index (Phi) is 6.84. The van der Waals surface area contributed by atoms with E-state index >= 15 is 0 Å². The van der Waals surface area contributed by atoms with Crippen LogP contribution in [0.15, 0.2) is 0 Å². The molecule has 0 aromatic rings. The minimum Gasteiger partial charge on any atom is -0.355 e. The predicted molar refractivity (Wildman–Crippen MR) is 81.1 cm³/mol. The predicted octanol–water partition coefficient (Wildman–Crippen LogP) is 2.95. The van der Waals surface area contributed by atoms with Crippen molar-refractivity contribution in [1.82, 2.24) is 10.6 Å². The van der Waals surface area contributed by atoms with Crippen molar-refractivity contribution in [1.29, 1.82) is 0 Å². The normalized spacial score (nSPS) is 24.2. The van der Waals surface area contributed by atoms with Crippen molar-refractivity contribution < 1.29 is 4.79 Å². The number of amides is 1. The van der Waals surface area contributed by atoms with Gasteiger partial charge in [0.2, 0.25) is 5.91 Å². The van der Waals surface area contributed by atoms with Crippen LogP contribution in [-0.4, -0.2) is 25.5 Å². The number of piperidine rings is 1. The van der Waals surface area contributed by atoms with Gasteiger partial charge in [0.15, 0.2) is 0 Å². The van der Waals surface area contributed by atoms with E-state index in [0.717, 1.165) is 26.1 Å². The molecule has 3 heteroatoms. The van der Waals surface area contributed by atoms with E-state index in [1.165, 1.54) is 25.7 Å². The first-order chi connectivity index (χ1) is 8.94. The van der Waals surface area contributed by atoms with Crippen molar-refractivity contribution in [2.45, 2.75) is 59.8 Å². The third kappa shape index (κ3) is 6.42. The van der Waals surface area contributed by atoms with Crippen molar-refractivity contribution in [2.24, 2.45) is 17.3 Å². The van der Waals surface area contributed by atoms with Gasteiger partial charge in [-0.05, 0) is 30.7 Å². The number of hydrogen-bond donors (Lipinski definition) is 2. The summed E-state index contributed by atoms with van der Waals surface area (Å²) in [5.74, 6) is 1.01.